The third-order valence-electron chi connectivity index (χ3n) is 3.91. The van der Waals surface area contributed by atoms with Gasteiger partial charge in [0.05, 0.1) is 0 Å². The molecule has 3 aliphatic rings. The van der Waals surface area contributed by atoms with Gasteiger partial charge in [0.1, 0.15) is 36.6 Å². The van der Waals surface area contributed by atoms with Crippen molar-refractivity contribution < 1.29 is 42.9 Å². The van der Waals surface area contributed by atoms with Crippen LogP contribution in [-0.2, 0) is 28.0 Å². The van der Waals surface area contributed by atoms with Gasteiger partial charge in [-0.25, -0.2) is 4.57 Å². The number of fused-ring (bicyclic) bond motifs is 3. The van der Waals surface area contributed by atoms with Gasteiger partial charge in [-0.05, 0) is 27.7 Å². The lowest BCUT2D eigenvalue weighted by Crippen LogP contribution is -2.62. The van der Waals surface area contributed by atoms with Gasteiger partial charge in [0.25, 0.3) is 0 Å². The van der Waals surface area contributed by atoms with Gasteiger partial charge in [-0.1, -0.05) is 0 Å². The minimum atomic E-state index is -4.82. The molecule has 0 unspecified atom stereocenters. The van der Waals surface area contributed by atoms with Crippen molar-refractivity contribution >= 4 is 7.82 Å². The lowest BCUT2D eigenvalue weighted by atomic mass is 9.85. The fourth-order valence-corrected chi connectivity index (χ4v) is 3.88. The number of aliphatic hydroxyl groups excluding tert-OH is 1. The average molecular weight is 340 g/mol. The summed E-state index contributed by atoms with van der Waals surface area (Å²) in [6.07, 6.45) is -5.60. The van der Waals surface area contributed by atoms with E-state index in [1.807, 2.05) is 0 Å². The standard InChI is InChI=1S/C12H21O9P/c1-11(2)17-6-5(13)7(21-22(14,15)16)9-10(8(6)18-11)20-12(3,4)19-9/h5-10,13H,1-4H3,(H2,14,15,16)/t5-,6+,7-,8+,9-,10+/m1/s1. The first kappa shape index (κ1) is 16.8. The molecule has 128 valence electrons. The van der Waals surface area contributed by atoms with Gasteiger partial charge in [-0.3, -0.25) is 4.52 Å². The lowest BCUT2D eigenvalue weighted by molar-refractivity contribution is -0.183. The molecule has 0 aromatic carbocycles. The molecular formula is C12H21O9P. The molecule has 0 aromatic rings. The Balaban J connectivity index is 1.94. The highest BCUT2D eigenvalue weighted by Crippen LogP contribution is 2.49. The third kappa shape index (κ3) is 2.98. The molecule has 1 aliphatic carbocycles. The van der Waals surface area contributed by atoms with Crippen molar-refractivity contribution in [3.63, 3.8) is 0 Å². The van der Waals surface area contributed by atoms with Gasteiger partial charge in [-0.15, -0.1) is 0 Å². The van der Waals surface area contributed by atoms with Crippen molar-refractivity contribution in [2.24, 2.45) is 0 Å². The Hall–Kier alpha value is -0.0900. The Morgan fingerprint density at radius 2 is 1.27 bits per heavy atom. The molecule has 1 saturated carbocycles. The van der Waals surface area contributed by atoms with E-state index >= 15 is 0 Å². The molecule has 2 heterocycles. The molecule has 0 radical (unpaired) electrons. The van der Waals surface area contributed by atoms with Crippen LogP contribution in [0, 0.1) is 0 Å². The van der Waals surface area contributed by atoms with Crippen LogP contribution in [0.3, 0.4) is 0 Å². The van der Waals surface area contributed by atoms with Crippen LogP contribution in [0.2, 0.25) is 0 Å². The second-order valence-electron chi connectivity index (χ2n) is 6.68. The normalized spacial score (nSPS) is 46.3. The summed E-state index contributed by atoms with van der Waals surface area (Å²) in [6.45, 7) is 6.71. The van der Waals surface area contributed by atoms with Crippen LogP contribution in [0.25, 0.3) is 0 Å². The highest BCUT2D eigenvalue weighted by Gasteiger charge is 2.64. The van der Waals surface area contributed by atoms with E-state index in [0.717, 1.165) is 0 Å². The number of hydrogen-bond acceptors (Lipinski definition) is 7. The lowest BCUT2D eigenvalue weighted by Gasteiger charge is -2.40. The molecule has 10 heteroatoms. The summed E-state index contributed by atoms with van der Waals surface area (Å²) in [6, 6.07) is 0. The highest BCUT2D eigenvalue weighted by molar-refractivity contribution is 7.46. The van der Waals surface area contributed by atoms with E-state index in [0.29, 0.717) is 0 Å². The molecule has 0 amide bonds. The van der Waals surface area contributed by atoms with Crippen LogP contribution >= 0.6 is 7.82 Å². The molecular weight excluding hydrogens is 319 g/mol. The molecule has 6 atom stereocenters. The molecule has 2 aliphatic heterocycles. The Bertz CT molecular complexity index is 501. The van der Waals surface area contributed by atoms with E-state index in [4.69, 9.17) is 33.3 Å². The summed E-state index contributed by atoms with van der Waals surface area (Å²) in [4.78, 5) is 18.2. The van der Waals surface area contributed by atoms with Crippen molar-refractivity contribution in [3.05, 3.63) is 0 Å². The molecule has 2 saturated heterocycles. The number of aliphatic hydroxyl groups is 1. The molecule has 3 N–H and O–H groups in total. The van der Waals surface area contributed by atoms with E-state index < -0.39 is 56.0 Å². The minimum absolute atomic E-state index is 0.617. The van der Waals surface area contributed by atoms with Gasteiger partial charge in [0.15, 0.2) is 11.6 Å². The largest absolute Gasteiger partial charge is 0.470 e. The summed E-state index contributed by atoms with van der Waals surface area (Å²) in [7, 11) is -4.82. The molecule has 22 heavy (non-hydrogen) atoms. The Morgan fingerprint density at radius 1 is 0.864 bits per heavy atom. The van der Waals surface area contributed by atoms with Crippen molar-refractivity contribution in [2.45, 2.75) is 75.9 Å². The fourth-order valence-electron chi connectivity index (χ4n) is 3.32. The minimum Gasteiger partial charge on any atom is -0.387 e. The predicted octanol–water partition coefficient (Wildman–Crippen LogP) is -0.121. The zero-order valence-corrected chi connectivity index (χ0v) is 13.6. The second-order valence-corrected chi connectivity index (χ2v) is 7.87. The molecule has 9 nitrogen and oxygen atoms in total. The fraction of sp³-hybridized carbons (Fsp3) is 1.00. The Kier molecular flexibility index (Phi) is 3.77. The molecule has 0 spiro atoms. The van der Waals surface area contributed by atoms with Crippen LogP contribution in [0.5, 0.6) is 0 Å². The third-order valence-corrected chi connectivity index (χ3v) is 4.43. The summed E-state index contributed by atoms with van der Waals surface area (Å²) in [5.41, 5.74) is 0. The summed E-state index contributed by atoms with van der Waals surface area (Å²) < 4.78 is 38.8. The van der Waals surface area contributed by atoms with Gasteiger partial charge in [0, 0.05) is 0 Å². The maximum atomic E-state index is 11.2. The first-order valence-electron chi connectivity index (χ1n) is 7.02. The maximum Gasteiger partial charge on any atom is 0.470 e. The van der Waals surface area contributed by atoms with Gasteiger partial charge in [0.2, 0.25) is 0 Å². The van der Waals surface area contributed by atoms with Crippen molar-refractivity contribution in [1.82, 2.24) is 0 Å². The van der Waals surface area contributed by atoms with Gasteiger partial charge >= 0.3 is 7.82 Å². The van der Waals surface area contributed by atoms with Crippen LogP contribution < -0.4 is 0 Å². The predicted molar refractivity (Wildman–Crippen MR) is 70.6 cm³/mol. The van der Waals surface area contributed by atoms with Crippen LogP contribution in [0.1, 0.15) is 27.7 Å². The SMILES string of the molecule is CC1(C)O[C@H]2[C@H]3OC(C)(C)O[C@H]3[C@@H](O)[C@@H](OP(=O)(O)O)[C@H]2O1. The van der Waals surface area contributed by atoms with E-state index in [1.165, 1.54) is 0 Å². The molecule has 3 fully saturated rings. The van der Waals surface area contributed by atoms with E-state index in [1.54, 1.807) is 27.7 Å². The first-order chi connectivity index (χ1) is 9.89. The van der Waals surface area contributed by atoms with Crippen molar-refractivity contribution in [2.75, 3.05) is 0 Å². The monoisotopic (exact) mass is 340 g/mol. The average Bonchev–Trinajstić information content (AvgIpc) is 2.79. The summed E-state index contributed by atoms with van der Waals surface area (Å²) in [5.74, 6) is -1.94. The smallest absolute Gasteiger partial charge is 0.387 e. The first-order valence-corrected chi connectivity index (χ1v) is 8.55. The number of phosphoric acid groups is 1. The Morgan fingerprint density at radius 3 is 1.77 bits per heavy atom. The van der Waals surface area contributed by atoms with E-state index in [2.05, 4.69) is 0 Å². The van der Waals surface area contributed by atoms with Gasteiger partial charge in [-0.2, -0.15) is 0 Å². The second kappa shape index (κ2) is 4.95. The summed E-state index contributed by atoms with van der Waals surface area (Å²) in [5, 5.41) is 10.4. The number of ether oxygens (including phenoxy) is 4. The van der Waals surface area contributed by atoms with E-state index in [-0.39, 0.29) is 0 Å². The molecule has 3 rings (SSSR count). The summed E-state index contributed by atoms with van der Waals surface area (Å²) >= 11 is 0. The van der Waals surface area contributed by atoms with Crippen LogP contribution in [0.4, 0.5) is 0 Å². The maximum absolute atomic E-state index is 11.2. The molecule has 0 aromatic heterocycles. The zero-order valence-electron chi connectivity index (χ0n) is 12.7. The van der Waals surface area contributed by atoms with Crippen molar-refractivity contribution in [1.29, 1.82) is 0 Å². The quantitative estimate of drug-likeness (QED) is 0.590. The Labute approximate surface area is 127 Å². The zero-order chi connectivity index (χ0) is 16.5. The van der Waals surface area contributed by atoms with E-state index in [9.17, 15) is 9.67 Å². The number of hydrogen-bond donors (Lipinski definition) is 3. The molecule has 0 bridgehead atoms. The number of phosphoric ester groups is 1. The van der Waals surface area contributed by atoms with Gasteiger partial charge < -0.3 is 33.8 Å². The van der Waals surface area contributed by atoms with Crippen LogP contribution in [-0.4, -0.2) is 63.1 Å². The van der Waals surface area contributed by atoms with Crippen LogP contribution in [0.15, 0.2) is 0 Å². The number of rotatable bonds is 2. The topological polar surface area (TPSA) is 124 Å². The van der Waals surface area contributed by atoms with Crippen molar-refractivity contribution in [3.8, 4) is 0 Å². The highest BCUT2D eigenvalue weighted by atomic mass is 31.2.